The number of benzene rings is 1. The number of fused-ring (bicyclic) bond motifs is 1. The summed E-state index contributed by atoms with van der Waals surface area (Å²) in [5, 5.41) is 1.14. The van der Waals surface area contributed by atoms with E-state index in [1.165, 1.54) is 29.5 Å². The van der Waals surface area contributed by atoms with Crippen LogP contribution in [0.15, 0.2) is 48.8 Å². The van der Waals surface area contributed by atoms with Crippen LogP contribution in [0.4, 0.5) is 0 Å². The van der Waals surface area contributed by atoms with Crippen LogP contribution >= 0.6 is 0 Å². The van der Waals surface area contributed by atoms with Crippen LogP contribution in [0.2, 0.25) is 0 Å². The van der Waals surface area contributed by atoms with Crippen molar-refractivity contribution >= 4 is 10.9 Å². The minimum atomic E-state index is 0.626. The van der Waals surface area contributed by atoms with Crippen molar-refractivity contribution < 1.29 is 0 Å². The molecular weight excluding hydrogens is 268 g/mol. The van der Waals surface area contributed by atoms with Gasteiger partial charge in [0.1, 0.15) is 0 Å². The van der Waals surface area contributed by atoms with Crippen LogP contribution in [0.1, 0.15) is 43.7 Å². The normalized spacial score (nSPS) is 11.3. The van der Waals surface area contributed by atoms with E-state index in [1.807, 2.05) is 18.5 Å². The molecule has 0 bridgehead atoms. The highest BCUT2D eigenvalue weighted by Crippen LogP contribution is 2.29. The Bertz CT molecular complexity index is 789. The molecule has 22 heavy (non-hydrogen) atoms. The molecule has 0 saturated heterocycles. The average Bonchev–Trinajstić information content (AvgIpc) is 2.55. The molecule has 2 nitrogen and oxygen atoms in total. The molecule has 0 unspecified atom stereocenters. The minimum Gasteiger partial charge on any atom is -0.255 e. The molecule has 0 saturated carbocycles. The number of hydrogen-bond acceptors (Lipinski definition) is 2. The molecule has 0 spiro atoms. The number of hydrogen-bond donors (Lipinski definition) is 0. The van der Waals surface area contributed by atoms with Gasteiger partial charge in [-0.25, -0.2) is 0 Å². The van der Waals surface area contributed by atoms with Gasteiger partial charge in [0.05, 0.1) is 17.4 Å². The van der Waals surface area contributed by atoms with E-state index in [2.05, 4.69) is 61.1 Å². The van der Waals surface area contributed by atoms with E-state index in [0.717, 1.165) is 16.6 Å². The molecule has 2 heteroatoms. The first-order valence-electron chi connectivity index (χ1n) is 8.04. The molecule has 0 aliphatic carbocycles. The Morgan fingerprint density at radius 3 is 2.59 bits per heavy atom. The van der Waals surface area contributed by atoms with E-state index in [9.17, 15) is 0 Å². The van der Waals surface area contributed by atoms with Gasteiger partial charge in [-0.15, -0.1) is 0 Å². The molecule has 112 valence electrons. The van der Waals surface area contributed by atoms with Gasteiger partial charge in [0.2, 0.25) is 0 Å². The summed E-state index contributed by atoms with van der Waals surface area (Å²) >= 11 is 0. The summed E-state index contributed by atoms with van der Waals surface area (Å²) in [4.78, 5) is 8.95. The summed E-state index contributed by atoms with van der Waals surface area (Å²) in [6.45, 7) is 6.68. The van der Waals surface area contributed by atoms with Crippen LogP contribution in [0.3, 0.4) is 0 Å². The molecule has 3 aromatic rings. The lowest BCUT2D eigenvalue weighted by molar-refractivity contribution is 0.641. The second-order valence-corrected chi connectivity index (χ2v) is 5.91. The van der Waals surface area contributed by atoms with Gasteiger partial charge in [-0.3, -0.25) is 9.97 Å². The van der Waals surface area contributed by atoms with Crippen molar-refractivity contribution in [1.29, 1.82) is 0 Å². The van der Waals surface area contributed by atoms with Gasteiger partial charge < -0.3 is 0 Å². The van der Waals surface area contributed by atoms with E-state index in [0.29, 0.717) is 5.92 Å². The Morgan fingerprint density at radius 1 is 1.00 bits per heavy atom. The highest BCUT2D eigenvalue weighted by atomic mass is 14.7. The van der Waals surface area contributed by atoms with Crippen molar-refractivity contribution in [2.24, 2.45) is 0 Å². The summed E-state index contributed by atoms with van der Waals surface area (Å²) in [5.41, 5.74) is 5.89. The summed E-state index contributed by atoms with van der Waals surface area (Å²) in [6, 6.07) is 13.0. The zero-order valence-corrected chi connectivity index (χ0v) is 13.5. The van der Waals surface area contributed by atoms with Crippen molar-refractivity contribution in [2.75, 3.05) is 0 Å². The monoisotopic (exact) mass is 290 g/mol. The third-order valence-corrected chi connectivity index (χ3v) is 4.34. The lowest BCUT2D eigenvalue weighted by Crippen LogP contribution is -1.97. The molecular formula is C20H22N2. The minimum absolute atomic E-state index is 0.626. The molecule has 0 aliphatic heterocycles. The summed E-state index contributed by atoms with van der Waals surface area (Å²) in [7, 11) is 0. The second-order valence-electron chi connectivity index (χ2n) is 5.91. The topological polar surface area (TPSA) is 25.8 Å². The Kier molecular flexibility index (Phi) is 4.19. The molecule has 2 aromatic heterocycles. The van der Waals surface area contributed by atoms with Gasteiger partial charge in [-0.2, -0.15) is 0 Å². The predicted octanol–water partition coefficient (Wildman–Crippen LogP) is 5.51. The van der Waals surface area contributed by atoms with Gasteiger partial charge in [-0.1, -0.05) is 31.5 Å². The largest absolute Gasteiger partial charge is 0.255 e. The molecule has 0 radical (unpaired) electrons. The fourth-order valence-electron chi connectivity index (χ4n) is 3.09. The van der Waals surface area contributed by atoms with Gasteiger partial charge in [0, 0.05) is 17.1 Å². The third-order valence-electron chi connectivity index (χ3n) is 4.34. The second kappa shape index (κ2) is 6.27. The molecule has 0 fully saturated rings. The Hall–Kier alpha value is -2.22. The summed E-state index contributed by atoms with van der Waals surface area (Å²) < 4.78 is 0. The van der Waals surface area contributed by atoms with Gasteiger partial charge in [0.15, 0.2) is 0 Å². The van der Waals surface area contributed by atoms with Crippen LogP contribution in [-0.4, -0.2) is 9.97 Å². The molecule has 0 N–H and O–H groups in total. The van der Waals surface area contributed by atoms with Crippen LogP contribution in [0, 0.1) is 6.92 Å². The van der Waals surface area contributed by atoms with Crippen LogP contribution in [-0.2, 0) is 0 Å². The van der Waals surface area contributed by atoms with Crippen molar-refractivity contribution in [3.63, 3.8) is 0 Å². The molecule has 0 aliphatic rings. The Labute approximate surface area is 132 Å². The highest BCUT2D eigenvalue weighted by Gasteiger charge is 2.10. The van der Waals surface area contributed by atoms with E-state index < -0.39 is 0 Å². The number of pyridine rings is 2. The first-order valence-corrected chi connectivity index (χ1v) is 8.04. The molecule has 1 aromatic carbocycles. The quantitative estimate of drug-likeness (QED) is 0.633. The maximum atomic E-state index is 4.61. The van der Waals surface area contributed by atoms with Gasteiger partial charge >= 0.3 is 0 Å². The summed E-state index contributed by atoms with van der Waals surface area (Å²) in [5.74, 6) is 0.626. The average molecular weight is 290 g/mol. The fourth-order valence-corrected chi connectivity index (χ4v) is 3.09. The number of aryl methyl sites for hydroxylation is 1. The molecule has 0 atom stereocenters. The first kappa shape index (κ1) is 14.7. The molecule has 0 amide bonds. The standard InChI is InChI=1S/C20H22N2/c1-4-15(5-2)17-9-14(3)10-18(11-17)19-12-16-7-6-8-21-20(16)13-22-19/h6-13,15H,4-5H2,1-3H3. The first-order chi connectivity index (χ1) is 10.7. The molecule has 2 heterocycles. The van der Waals surface area contributed by atoms with Crippen LogP contribution in [0.25, 0.3) is 22.2 Å². The number of nitrogens with zero attached hydrogens (tertiary/aromatic N) is 2. The van der Waals surface area contributed by atoms with E-state index in [4.69, 9.17) is 0 Å². The molecule has 3 rings (SSSR count). The van der Waals surface area contributed by atoms with E-state index in [-0.39, 0.29) is 0 Å². The van der Waals surface area contributed by atoms with E-state index >= 15 is 0 Å². The number of aromatic nitrogens is 2. The van der Waals surface area contributed by atoms with Crippen molar-refractivity contribution in [2.45, 2.75) is 39.5 Å². The summed E-state index contributed by atoms with van der Waals surface area (Å²) in [6.07, 6.45) is 6.02. The third kappa shape index (κ3) is 2.87. The van der Waals surface area contributed by atoms with Crippen molar-refractivity contribution in [1.82, 2.24) is 9.97 Å². The zero-order chi connectivity index (χ0) is 15.5. The Balaban J connectivity index is 2.09. The maximum Gasteiger partial charge on any atom is 0.0885 e. The van der Waals surface area contributed by atoms with Crippen molar-refractivity contribution in [3.05, 3.63) is 59.9 Å². The zero-order valence-electron chi connectivity index (χ0n) is 13.5. The lowest BCUT2D eigenvalue weighted by atomic mass is 9.90. The Morgan fingerprint density at radius 2 is 1.82 bits per heavy atom. The fraction of sp³-hybridized carbons (Fsp3) is 0.300. The van der Waals surface area contributed by atoms with Crippen molar-refractivity contribution in [3.8, 4) is 11.3 Å². The highest BCUT2D eigenvalue weighted by molar-refractivity contribution is 5.82. The maximum absolute atomic E-state index is 4.61. The predicted molar refractivity (Wildman–Crippen MR) is 93.0 cm³/mol. The van der Waals surface area contributed by atoms with Gasteiger partial charge in [0.25, 0.3) is 0 Å². The number of rotatable bonds is 4. The smallest absolute Gasteiger partial charge is 0.0885 e. The van der Waals surface area contributed by atoms with Crippen LogP contribution < -0.4 is 0 Å². The SMILES string of the molecule is CCC(CC)c1cc(C)cc(-c2cc3cccnc3cn2)c1. The van der Waals surface area contributed by atoms with Crippen LogP contribution in [0.5, 0.6) is 0 Å². The van der Waals surface area contributed by atoms with E-state index in [1.54, 1.807) is 0 Å². The van der Waals surface area contributed by atoms with Gasteiger partial charge in [-0.05, 0) is 55.5 Å². The lowest BCUT2D eigenvalue weighted by Gasteiger charge is -2.15.